The number of carbonyl (C=O) groups excluding carboxylic acids is 2. The zero-order valence-corrected chi connectivity index (χ0v) is 12.6. The van der Waals surface area contributed by atoms with Crippen molar-refractivity contribution >= 4 is 27.7 Å². The Kier molecular flexibility index (Phi) is 3.28. The molecule has 0 spiro atoms. The monoisotopic (exact) mass is 329 g/mol. The van der Waals surface area contributed by atoms with Crippen LogP contribution in [0.3, 0.4) is 0 Å². The first kappa shape index (κ1) is 15.0. The van der Waals surface area contributed by atoms with E-state index in [4.69, 9.17) is 4.74 Å². The van der Waals surface area contributed by atoms with Crippen LogP contribution in [0.1, 0.15) is 26.2 Å². The van der Waals surface area contributed by atoms with Crippen molar-refractivity contribution in [1.82, 2.24) is 4.90 Å². The third kappa shape index (κ3) is 2.11. The second-order valence-electron chi connectivity index (χ2n) is 5.73. The highest BCUT2D eigenvalue weighted by atomic mass is 32.2. The average molecular weight is 329 g/mol. The fourth-order valence-electron chi connectivity index (χ4n) is 3.10. The molecule has 22 heavy (non-hydrogen) atoms. The van der Waals surface area contributed by atoms with Crippen LogP contribution < -0.4 is 0 Å². The fourth-order valence-corrected chi connectivity index (χ4v) is 5.71. The summed E-state index contributed by atoms with van der Waals surface area (Å²) in [4.78, 5) is 35.1. The molecule has 1 amide bonds. The van der Waals surface area contributed by atoms with Crippen LogP contribution in [0.4, 0.5) is 0 Å². The van der Waals surface area contributed by atoms with E-state index in [1.807, 2.05) is 0 Å². The van der Waals surface area contributed by atoms with Crippen LogP contribution in [-0.4, -0.2) is 53.5 Å². The summed E-state index contributed by atoms with van der Waals surface area (Å²) in [6, 6.07) is 0. The Hall–Kier alpha value is -1.90. The molecule has 0 aromatic rings. The molecule has 0 aromatic carbocycles. The number of sulfone groups is 1. The number of hydrogen-bond acceptors (Lipinski definition) is 6. The highest BCUT2D eigenvalue weighted by molar-refractivity contribution is 7.93. The molecule has 9 heteroatoms. The van der Waals surface area contributed by atoms with E-state index in [-0.39, 0.29) is 23.6 Å². The van der Waals surface area contributed by atoms with E-state index in [0.717, 1.165) is 11.8 Å². The van der Waals surface area contributed by atoms with Crippen LogP contribution in [0.2, 0.25) is 0 Å². The molecule has 1 N–H and O–H groups in total. The largest absolute Gasteiger partial charge is 0.477 e. The molecule has 1 aliphatic carbocycles. The number of β-lactam (4-membered cyclic amide) rings is 1. The van der Waals surface area contributed by atoms with E-state index in [1.165, 1.54) is 0 Å². The SMILES string of the molecule is CC(=O)OCC1=C(C(=O)O)N2C(=O)C[C@H]2S(=O)(=O)C1C1CC1. The molecule has 2 aliphatic heterocycles. The lowest BCUT2D eigenvalue weighted by molar-refractivity contribution is -0.147. The topological polar surface area (TPSA) is 118 Å². The molecule has 120 valence electrons. The minimum absolute atomic E-state index is 0.00880. The van der Waals surface area contributed by atoms with Crippen molar-refractivity contribution in [2.75, 3.05) is 6.61 Å². The highest BCUT2D eigenvalue weighted by Crippen LogP contribution is 2.48. The molecule has 0 radical (unpaired) electrons. The third-order valence-corrected chi connectivity index (χ3v) is 6.72. The average Bonchev–Trinajstić information content (AvgIpc) is 3.20. The van der Waals surface area contributed by atoms with Gasteiger partial charge in [0.15, 0.2) is 9.84 Å². The molecule has 1 saturated carbocycles. The molecule has 1 saturated heterocycles. The van der Waals surface area contributed by atoms with E-state index in [0.29, 0.717) is 12.8 Å². The summed E-state index contributed by atoms with van der Waals surface area (Å²) in [5.41, 5.74) is -0.330. The summed E-state index contributed by atoms with van der Waals surface area (Å²) in [6.07, 6.45) is 1.17. The Bertz CT molecular complexity index is 704. The Morgan fingerprint density at radius 2 is 2.00 bits per heavy atom. The van der Waals surface area contributed by atoms with Crippen molar-refractivity contribution in [3.8, 4) is 0 Å². The predicted molar refractivity (Wildman–Crippen MR) is 72.0 cm³/mol. The highest BCUT2D eigenvalue weighted by Gasteiger charge is 2.59. The van der Waals surface area contributed by atoms with Crippen molar-refractivity contribution in [2.24, 2.45) is 5.92 Å². The van der Waals surface area contributed by atoms with Gasteiger partial charge >= 0.3 is 11.9 Å². The number of hydrogen-bond donors (Lipinski definition) is 1. The predicted octanol–water partition coefficient (Wildman–Crippen LogP) is -0.346. The summed E-state index contributed by atoms with van der Waals surface area (Å²) in [5, 5.41) is 7.34. The number of ether oxygens (including phenoxy) is 1. The van der Waals surface area contributed by atoms with Gasteiger partial charge in [-0.15, -0.1) is 0 Å². The molecule has 3 rings (SSSR count). The second kappa shape index (κ2) is 4.80. The van der Waals surface area contributed by atoms with Crippen LogP contribution in [0.5, 0.6) is 0 Å². The van der Waals surface area contributed by atoms with E-state index >= 15 is 0 Å². The molecule has 1 unspecified atom stereocenters. The van der Waals surface area contributed by atoms with Gasteiger partial charge in [0.05, 0.1) is 11.7 Å². The van der Waals surface area contributed by atoms with Gasteiger partial charge in [0.2, 0.25) is 5.91 Å². The summed E-state index contributed by atoms with van der Waals surface area (Å²) in [6.45, 7) is 0.732. The minimum Gasteiger partial charge on any atom is -0.477 e. The maximum absolute atomic E-state index is 12.7. The first-order chi connectivity index (χ1) is 10.2. The molecular formula is C13H15NO7S. The van der Waals surface area contributed by atoms with Gasteiger partial charge in [0.25, 0.3) is 0 Å². The Labute approximate surface area is 126 Å². The van der Waals surface area contributed by atoms with Crippen LogP contribution in [0.25, 0.3) is 0 Å². The van der Waals surface area contributed by atoms with Crippen molar-refractivity contribution < 1.29 is 32.6 Å². The van der Waals surface area contributed by atoms with Crippen LogP contribution >= 0.6 is 0 Å². The second-order valence-corrected chi connectivity index (χ2v) is 7.96. The number of esters is 1. The summed E-state index contributed by atoms with van der Waals surface area (Å²) in [7, 11) is -3.71. The number of fused-ring (bicyclic) bond motifs is 1. The Morgan fingerprint density at radius 3 is 2.45 bits per heavy atom. The lowest BCUT2D eigenvalue weighted by atomic mass is 10.0. The molecule has 2 atom stereocenters. The molecule has 0 aromatic heterocycles. The van der Waals surface area contributed by atoms with E-state index in [1.54, 1.807) is 0 Å². The normalized spacial score (nSPS) is 29.7. The van der Waals surface area contributed by atoms with Crippen LogP contribution in [0, 0.1) is 5.92 Å². The maximum Gasteiger partial charge on any atom is 0.352 e. The fraction of sp³-hybridized carbons (Fsp3) is 0.615. The van der Waals surface area contributed by atoms with Crippen LogP contribution in [-0.2, 0) is 29.0 Å². The quantitative estimate of drug-likeness (QED) is 0.553. The number of rotatable bonds is 4. The number of carboxylic acids is 1. The molecule has 0 bridgehead atoms. The smallest absolute Gasteiger partial charge is 0.352 e. The number of amides is 1. The van der Waals surface area contributed by atoms with E-state index < -0.39 is 44.9 Å². The summed E-state index contributed by atoms with van der Waals surface area (Å²) in [5.74, 6) is -2.72. The molecule has 3 aliphatic rings. The maximum atomic E-state index is 12.7. The zero-order valence-electron chi connectivity index (χ0n) is 11.8. The van der Waals surface area contributed by atoms with Crippen LogP contribution in [0.15, 0.2) is 11.3 Å². The van der Waals surface area contributed by atoms with Gasteiger partial charge in [-0.1, -0.05) is 0 Å². The minimum atomic E-state index is -3.71. The summed E-state index contributed by atoms with van der Waals surface area (Å²) < 4.78 is 30.2. The lowest BCUT2D eigenvalue weighted by Crippen LogP contribution is -2.63. The zero-order chi connectivity index (χ0) is 16.2. The number of carbonyl (C=O) groups is 3. The van der Waals surface area contributed by atoms with Gasteiger partial charge < -0.3 is 9.84 Å². The Balaban J connectivity index is 2.13. The van der Waals surface area contributed by atoms with E-state index in [9.17, 15) is 27.9 Å². The van der Waals surface area contributed by atoms with Crippen molar-refractivity contribution in [3.05, 3.63) is 11.3 Å². The van der Waals surface area contributed by atoms with Crippen molar-refractivity contribution in [2.45, 2.75) is 36.8 Å². The molecule has 8 nitrogen and oxygen atoms in total. The Morgan fingerprint density at radius 1 is 1.36 bits per heavy atom. The van der Waals surface area contributed by atoms with Crippen molar-refractivity contribution in [1.29, 1.82) is 0 Å². The van der Waals surface area contributed by atoms with Gasteiger partial charge in [0.1, 0.15) is 17.7 Å². The molecule has 2 heterocycles. The first-order valence-electron chi connectivity index (χ1n) is 6.89. The number of aliphatic carboxylic acids is 1. The van der Waals surface area contributed by atoms with Gasteiger partial charge in [-0.05, 0) is 18.8 Å². The molecule has 2 fully saturated rings. The molecular weight excluding hydrogens is 314 g/mol. The van der Waals surface area contributed by atoms with Gasteiger partial charge in [-0.25, -0.2) is 13.2 Å². The lowest BCUT2D eigenvalue weighted by Gasteiger charge is -2.46. The number of carboxylic acid groups (broad SMARTS) is 1. The summed E-state index contributed by atoms with van der Waals surface area (Å²) >= 11 is 0. The van der Waals surface area contributed by atoms with Gasteiger partial charge in [-0.3, -0.25) is 14.5 Å². The third-order valence-electron chi connectivity index (χ3n) is 4.21. The van der Waals surface area contributed by atoms with Gasteiger partial charge in [0, 0.05) is 12.5 Å². The van der Waals surface area contributed by atoms with Crippen molar-refractivity contribution in [3.63, 3.8) is 0 Å². The standard InChI is InChI=1S/C13H15NO7S/c1-6(15)21-5-8-11(13(17)18)14-9(16)4-10(14)22(19,20)12(8)7-2-3-7/h7,10,12H,2-5H2,1H3,(H,17,18)/t10-,12?/m1/s1. The first-order valence-corrected chi connectivity index (χ1v) is 8.50. The van der Waals surface area contributed by atoms with E-state index in [2.05, 4.69) is 0 Å². The number of nitrogens with zero attached hydrogens (tertiary/aromatic N) is 1. The van der Waals surface area contributed by atoms with Gasteiger partial charge in [-0.2, -0.15) is 0 Å².